The average molecular weight is 375 g/mol. The Labute approximate surface area is 152 Å². The minimum Gasteiger partial charge on any atom is -0.332 e. The topological polar surface area (TPSA) is 90.7 Å². The summed E-state index contributed by atoms with van der Waals surface area (Å²) in [6.07, 6.45) is 0. The van der Waals surface area contributed by atoms with Gasteiger partial charge in [-0.25, -0.2) is 4.79 Å². The Hall–Kier alpha value is -2.75. The Balaban J connectivity index is 1.91. The van der Waals surface area contributed by atoms with Gasteiger partial charge >= 0.3 is 5.69 Å². The van der Waals surface area contributed by atoms with Crippen LogP contribution in [0.1, 0.15) is 22.0 Å². The molecule has 126 valence electrons. The van der Waals surface area contributed by atoms with E-state index in [1.807, 2.05) is 6.07 Å². The molecule has 1 aromatic heterocycles. The van der Waals surface area contributed by atoms with E-state index in [0.29, 0.717) is 27.2 Å². The summed E-state index contributed by atoms with van der Waals surface area (Å²) in [5.74, 6) is -0.464. The number of fused-ring (bicyclic) bond motifs is 1. The second-order valence-electron chi connectivity index (χ2n) is 5.40. The maximum Gasteiger partial charge on any atom is 0.326 e. The first-order chi connectivity index (χ1) is 11.9. The fourth-order valence-corrected chi connectivity index (χ4v) is 2.93. The number of hydrogen-bond acceptors (Lipinski definition) is 3. The maximum atomic E-state index is 12.5. The third-order valence-corrected chi connectivity index (χ3v) is 4.70. The molecule has 2 aromatic carbocycles. The Kier molecular flexibility index (Phi) is 4.53. The van der Waals surface area contributed by atoms with E-state index in [1.54, 1.807) is 43.4 Å². The largest absolute Gasteiger partial charge is 0.332 e. The minimum atomic E-state index is -0.954. The van der Waals surface area contributed by atoms with Crippen LogP contribution < -0.4 is 11.0 Å². The molecule has 3 rings (SSSR count). The Morgan fingerprint density at radius 1 is 1.32 bits per heavy atom. The first-order valence-electron chi connectivity index (χ1n) is 7.25. The van der Waals surface area contributed by atoms with Crippen LogP contribution in [-0.2, 0) is 7.05 Å². The van der Waals surface area contributed by atoms with Crippen molar-refractivity contribution in [2.24, 2.45) is 7.05 Å². The fraction of sp³-hybridized carbons (Fsp3) is 0.118. The number of aromatic nitrogens is 2. The number of carbonyl (C=O) groups excluding carboxylic acids is 1. The second kappa shape index (κ2) is 6.63. The molecule has 1 atom stereocenters. The van der Waals surface area contributed by atoms with Crippen LogP contribution in [0.25, 0.3) is 11.0 Å². The molecule has 2 N–H and O–H groups in total. The van der Waals surface area contributed by atoms with Gasteiger partial charge in [-0.1, -0.05) is 35.3 Å². The van der Waals surface area contributed by atoms with Gasteiger partial charge in [0.2, 0.25) is 0 Å². The van der Waals surface area contributed by atoms with Crippen molar-refractivity contribution >= 4 is 40.1 Å². The number of aromatic amines is 1. The van der Waals surface area contributed by atoms with E-state index in [2.05, 4.69) is 10.3 Å². The molecule has 25 heavy (non-hydrogen) atoms. The van der Waals surface area contributed by atoms with Crippen molar-refractivity contribution in [1.29, 1.82) is 5.26 Å². The lowest BCUT2D eigenvalue weighted by atomic mass is 10.1. The molecule has 0 fully saturated rings. The van der Waals surface area contributed by atoms with Crippen LogP contribution in [0.3, 0.4) is 0 Å². The van der Waals surface area contributed by atoms with Gasteiger partial charge in [0, 0.05) is 18.2 Å². The Bertz CT molecular complexity index is 1080. The number of nitrogens with zero attached hydrogens (tertiary/aromatic N) is 2. The summed E-state index contributed by atoms with van der Waals surface area (Å²) in [5, 5.41) is 12.5. The van der Waals surface area contributed by atoms with Gasteiger partial charge in [-0.05, 0) is 24.3 Å². The number of amides is 1. The molecular weight excluding hydrogens is 363 g/mol. The zero-order valence-corrected chi connectivity index (χ0v) is 14.5. The zero-order valence-electron chi connectivity index (χ0n) is 13.0. The monoisotopic (exact) mass is 374 g/mol. The molecule has 0 saturated carbocycles. The lowest BCUT2D eigenvalue weighted by molar-refractivity contribution is 0.0945. The predicted molar refractivity (Wildman–Crippen MR) is 95.8 cm³/mol. The van der Waals surface area contributed by atoms with Crippen molar-refractivity contribution in [3.63, 3.8) is 0 Å². The van der Waals surface area contributed by atoms with Crippen molar-refractivity contribution < 1.29 is 4.79 Å². The van der Waals surface area contributed by atoms with E-state index < -0.39 is 11.9 Å². The molecule has 0 spiro atoms. The smallest absolute Gasteiger partial charge is 0.326 e. The summed E-state index contributed by atoms with van der Waals surface area (Å²) >= 11 is 12.1. The molecule has 1 amide bonds. The summed E-state index contributed by atoms with van der Waals surface area (Å²) < 4.78 is 1.45. The first kappa shape index (κ1) is 17.1. The SMILES string of the molecule is Cn1c(=O)[nH]c2cc(C(=O)NC(C#N)c3cccc(Cl)c3Cl)ccc21. The quantitative estimate of drug-likeness (QED) is 0.737. The standard InChI is InChI=1S/C17H12Cl2N4O2/c1-23-14-6-5-9(7-12(14)22-17(23)25)16(24)21-13(8-20)10-3-2-4-11(18)15(10)19/h2-7,13H,1H3,(H,21,24)(H,22,25). The molecule has 1 unspecified atom stereocenters. The molecule has 0 bridgehead atoms. The van der Waals surface area contributed by atoms with Crippen molar-refractivity contribution in [3.05, 3.63) is 68.1 Å². The third-order valence-electron chi connectivity index (χ3n) is 3.86. The third kappa shape index (κ3) is 3.12. The zero-order chi connectivity index (χ0) is 18.1. The summed E-state index contributed by atoms with van der Waals surface area (Å²) in [6.45, 7) is 0. The van der Waals surface area contributed by atoms with Crippen molar-refractivity contribution in [1.82, 2.24) is 14.9 Å². The van der Waals surface area contributed by atoms with E-state index >= 15 is 0 Å². The number of benzene rings is 2. The normalized spacial score (nSPS) is 11.9. The fourth-order valence-electron chi connectivity index (χ4n) is 2.52. The number of imidazole rings is 1. The van der Waals surface area contributed by atoms with Gasteiger partial charge in [0.05, 0.1) is 27.1 Å². The van der Waals surface area contributed by atoms with Crippen molar-refractivity contribution in [3.8, 4) is 6.07 Å². The van der Waals surface area contributed by atoms with Gasteiger partial charge in [-0.2, -0.15) is 5.26 Å². The number of H-pyrrole nitrogens is 1. The first-order valence-corrected chi connectivity index (χ1v) is 8.01. The van der Waals surface area contributed by atoms with E-state index in [9.17, 15) is 14.9 Å². The molecule has 0 aliphatic rings. The van der Waals surface area contributed by atoms with Crippen LogP contribution >= 0.6 is 23.2 Å². The molecule has 0 aliphatic carbocycles. The average Bonchev–Trinajstić information content (AvgIpc) is 2.89. The van der Waals surface area contributed by atoms with Crippen LogP contribution in [-0.4, -0.2) is 15.5 Å². The number of rotatable bonds is 3. The van der Waals surface area contributed by atoms with Crippen LogP contribution in [0.4, 0.5) is 0 Å². The van der Waals surface area contributed by atoms with Gasteiger partial charge in [-0.15, -0.1) is 0 Å². The molecule has 0 radical (unpaired) electrons. The maximum absolute atomic E-state index is 12.5. The molecular formula is C17H12Cl2N4O2. The van der Waals surface area contributed by atoms with Gasteiger partial charge in [-0.3, -0.25) is 9.36 Å². The van der Waals surface area contributed by atoms with E-state index in [4.69, 9.17) is 23.2 Å². The van der Waals surface area contributed by atoms with Gasteiger partial charge in [0.1, 0.15) is 6.04 Å². The number of aryl methyl sites for hydroxylation is 1. The number of nitriles is 1. The Morgan fingerprint density at radius 2 is 2.08 bits per heavy atom. The minimum absolute atomic E-state index is 0.221. The summed E-state index contributed by atoms with van der Waals surface area (Å²) in [7, 11) is 1.63. The lowest BCUT2D eigenvalue weighted by Crippen LogP contribution is -2.27. The van der Waals surface area contributed by atoms with E-state index in [1.165, 1.54) is 4.57 Å². The van der Waals surface area contributed by atoms with Gasteiger partial charge in [0.25, 0.3) is 5.91 Å². The van der Waals surface area contributed by atoms with E-state index in [0.717, 1.165) is 0 Å². The highest BCUT2D eigenvalue weighted by molar-refractivity contribution is 6.42. The highest BCUT2D eigenvalue weighted by Gasteiger charge is 2.19. The number of nitrogens with one attached hydrogen (secondary N) is 2. The van der Waals surface area contributed by atoms with Gasteiger partial charge < -0.3 is 10.3 Å². The lowest BCUT2D eigenvalue weighted by Gasteiger charge is -2.14. The molecule has 1 heterocycles. The van der Waals surface area contributed by atoms with Crippen LogP contribution in [0.2, 0.25) is 10.0 Å². The summed E-state index contributed by atoms with van der Waals surface area (Å²) in [6, 6.07) is 10.7. The van der Waals surface area contributed by atoms with E-state index in [-0.39, 0.29) is 10.7 Å². The second-order valence-corrected chi connectivity index (χ2v) is 6.18. The van der Waals surface area contributed by atoms with Crippen molar-refractivity contribution in [2.75, 3.05) is 0 Å². The molecule has 8 heteroatoms. The molecule has 0 aliphatic heterocycles. The molecule has 6 nitrogen and oxygen atoms in total. The number of hydrogen-bond donors (Lipinski definition) is 2. The number of carbonyl (C=O) groups is 1. The molecule has 3 aromatic rings. The Morgan fingerprint density at radius 3 is 2.80 bits per heavy atom. The highest BCUT2D eigenvalue weighted by atomic mass is 35.5. The summed E-state index contributed by atoms with van der Waals surface area (Å²) in [5.41, 5.74) is 1.67. The summed E-state index contributed by atoms with van der Waals surface area (Å²) in [4.78, 5) is 26.8. The van der Waals surface area contributed by atoms with Crippen LogP contribution in [0.5, 0.6) is 0 Å². The van der Waals surface area contributed by atoms with Crippen LogP contribution in [0, 0.1) is 11.3 Å². The number of halogens is 2. The van der Waals surface area contributed by atoms with Crippen LogP contribution in [0.15, 0.2) is 41.2 Å². The van der Waals surface area contributed by atoms with Crippen molar-refractivity contribution in [2.45, 2.75) is 6.04 Å². The predicted octanol–water partition coefficient (Wildman–Crippen LogP) is 3.17. The van der Waals surface area contributed by atoms with Gasteiger partial charge in [0.15, 0.2) is 0 Å². The highest BCUT2D eigenvalue weighted by Crippen LogP contribution is 2.29. The molecule has 0 saturated heterocycles.